The molecular formula is C23H33ClF2N2O4S. The van der Waals surface area contributed by atoms with Crippen molar-refractivity contribution in [2.24, 2.45) is 0 Å². The molecular weight excluding hydrogens is 474 g/mol. The maximum absolute atomic E-state index is 14.0. The van der Waals surface area contributed by atoms with Crippen molar-refractivity contribution in [2.45, 2.75) is 63.3 Å². The first-order chi connectivity index (χ1) is 15.5. The van der Waals surface area contributed by atoms with Gasteiger partial charge in [0.05, 0.1) is 23.4 Å². The summed E-state index contributed by atoms with van der Waals surface area (Å²) in [5.41, 5.74) is -0.250. The topological polar surface area (TPSA) is 66.9 Å². The zero-order chi connectivity index (χ0) is 24.3. The lowest BCUT2D eigenvalue weighted by Gasteiger charge is -2.51. The molecule has 1 aromatic carbocycles. The molecule has 6 nitrogen and oxygen atoms in total. The fourth-order valence-corrected chi connectivity index (χ4v) is 6.81. The Morgan fingerprint density at radius 1 is 1.12 bits per heavy atom. The van der Waals surface area contributed by atoms with Crippen LogP contribution in [0.1, 0.15) is 62.2 Å². The Kier molecular flexibility index (Phi) is 8.41. The molecule has 0 amide bonds. The highest BCUT2D eigenvalue weighted by molar-refractivity contribution is 7.89. The van der Waals surface area contributed by atoms with Gasteiger partial charge in [0.25, 0.3) is 0 Å². The number of hydrogen-bond acceptors (Lipinski definition) is 5. The molecule has 33 heavy (non-hydrogen) atoms. The van der Waals surface area contributed by atoms with Gasteiger partial charge in [0.1, 0.15) is 5.75 Å². The van der Waals surface area contributed by atoms with Gasteiger partial charge < -0.3 is 4.74 Å². The SMILES string of the molecule is CCCS(=O)(=O)N1CCN(C2(CCC(=O)c3c(Cl)cccc3OC)CCC(F)(F)CC2)CC1. The number of methoxy groups -OCH3 is 1. The smallest absolute Gasteiger partial charge is 0.248 e. The first-order valence-electron chi connectivity index (χ1n) is 11.5. The van der Waals surface area contributed by atoms with Crippen molar-refractivity contribution in [1.82, 2.24) is 9.21 Å². The number of nitrogens with zero attached hydrogens (tertiary/aromatic N) is 2. The van der Waals surface area contributed by atoms with Gasteiger partial charge in [-0.1, -0.05) is 24.6 Å². The van der Waals surface area contributed by atoms with Crippen molar-refractivity contribution in [3.8, 4) is 5.75 Å². The zero-order valence-corrected chi connectivity index (χ0v) is 20.9. The summed E-state index contributed by atoms with van der Waals surface area (Å²) < 4.78 is 59.7. The minimum Gasteiger partial charge on any atom is -0.496 e. The largest absolute Gasteiger partial charge is 0.496 e. The van der Waals surface area contributed by atoms with Crippen molar-refractivity contribution in [3.05, 3.63) is 28.8 Å². The third-order valence-electron chi connectivity index (χ3n) is 6.97. The Hall–Kier alpha value is -1.29. The number of alkyl halides is 2. The van der Waals surface area contributed by atoms with E-state index in [9.17, 15) is 22.0 Å². The molecule has 0 N–H and O–H groups in total. The molecule has 1 aromatic rings. The van der Waals surface area contributed by atoms with E-state index < -0.39 is 21.5 Å². The molecule has 2 fully saturated rings. The van der Waals surface area contributed by atoms with Crippen LogP contribution in [0.25, 0.3) is 0 Å². The molecule has 0 aromatic heterocycles. The van der Waals surface area contributed by atoms with Crippen molar-refractivity contribution in [1.29, 1.82) is 0 Å². The van der Waals surface area contributed by atoms with Gasteiger partial charge in [-0.3, -0.25) is 9.69 Å². The predicted octanol–water partition coefficient (Wildman–Crippen LogP) is 4.62. The van der Waals surface area contributed by atoms with Crippen molar-refractivity contribution in [3.63, 3.8) is 0 Å². The molecule has 0 spiro atoms. The van der Waals surface area contributed by atoms with Crippen LogP contribution in [0.5, 0.6) is 5.75 Å². The van der Waals surface area contributed by atoms with Crippen LogP contribution in [0.3, 0.4) is 0 Å². The minimum atomic E-state index is -3.30. The van der Waals surface area contributed by atoms with Crippen molar-refractivity contribution < 1.29 is 26.7 Å². The Labute approximate surface area is 200 Å². The molecule has 186 valence electrons. The Morgan fingerprint density at radius 2 is 1.76 bits per heavy atom. The molecule has 2 aliphatic rings. The molecule has 10 heteroatoms. The number of sulfonamides is 1. The maximum Gasteiger partial charge on any atom is 0.248 e. The van der Waals surface area contributed by atoms with Gasteiger partial charge in [0, 0.05) is 51.0 Å². The summed E-state index contributed by atoms with van der Waals surface area (Å²) in [6.07, 6.45) is 1.20. The van der Waals surface area contributed by atoms with Gasteiger partial charge in [-0.2, -0.15) is 4.31 Å². The van der Waals surface area contributed by atoms with E-state index in [4.69, 9.17) is 16.3 Å². The normalized spacial score (nSPS) is 21.6. The fourth-order valence-electron chi connectivity index (χ4n) is 5.05. The number of carbonyl (C=O) groups excluding carboxylic acids is 1. The average molecular weight is 507 g/mol. The van der Waals surface area contributed by atoms with Crippen molar-refractivity contribution in [2.75, 3.05) is 39.0 Å². The third kappa shape index (κ3) is 6.05. The van der Waals surface area contributed by atoms with E-state index in [1.165, 1.54) is 11.4 Å². The lowest BCUT2D eigenvalue weighted by Crippen LogP contribution is -2.60. The monoisotopic (exact) mass is 506 g/mol. The summed E-state index contributed by atoms with van der Waals surface area (Å²) in [4.78, 5) is 15.2. The summed E-state index contributed by atoms with van der Waals surface area (Å²) in [6, 6.07) is 5.00. The maximum atomic E-state index is 14.0. The number of Topliss-reactive ketones (excluding diaryl/α,β-unsaturated/α-hetero) is 1. The van der Waals surface area contributed by atoms with Crippen LogP contribution >= 0.6 is 11.6 Å². The van der Waals surface area contributed by atoms with Gasteiger partial charge in [0.2, 0.25) is 15.9 Å². The van der Waals surface area contributed by atoms with E-state index >= 15 is 0 Å². The van der Waals surface area contributed by atoms with E-state index in [0.29, 0.717) is 55.4 Å². The van der Waals surface area contributed by atoms with Crippen LogP contribution < -0.4 is 4.74 Å². The van der Waals surface area contributed by atoms with Gasteiger partial charge in [-0.15, -0.1) is 0 Å². The van der Waals surface area contributed by atoms with Gasteiger partial charge in [-0.25, -0.2) is 17.2 Å². The Bertz CT molecular complexity index is 940. The van der Waals surface area contributed by atoms with E-state index in [0.717, 1.165) is 0 Å². The van der Waals surface area contributed by atoms with E-state index in [1.807, 2.05) is 6.92 Å². The summed E-state index contributed by atoms with van der Waals surface area (Å²) in [7, 11) is -1.82. The molecule has 1 heterocycles. The lowest BCUT2D eigenvalue weighted by molar-refractivity contribution is -0.0891. The number of ketones is 1. The van der Waals surface area contributed by atoms with Crippen LogP contribution in [0.4, 0.5) is 8.78 Å². The highest BCUT2D eigenvalue weighted by atomic mass is 35.5. The summed E-state index contributed by atoms with van der Waals surface area (Å²) in [5.74, 6) is -2.38. The number of carbonyl (C=O) groups is 1. The molecule has 0 unspecified atom stereocenters. The van der Waals surface area contributed by atoms with Crippen molar-refractivity contribution >= 4 is 27.4 Å². The number of ether oxygens (including phenoxy) is 1. The fraction of sp³-hybridized carbons (Fsp3) is 0.696. The van der Waals surface area contributed by atoms with Gasteiger partial charge in [-0.05, 0) is 37.8 Å². The van der Waals surface area contributed by atoms with Crippen LogP contribution in [0.2, 0.25) is 5.02 Å². The lowest BCUT2D eigenvalue weighted by atomic mass is 9.74. The number of halogens is 3. The third-order valence-corrected chi connectivity index (χ3v) is 9.36. The summed E-state index contributed by atoms with van der Waals surface area (Å²) in [6.45, 7) is 3.45. The number of hydrogen-bond donors (Lipinski definition) is 0. The molecule has 1 aliphatic carbocycles. The van der Waals surface area contributed by atoms with Crippen LogP contribution in [-0.2, 0) is 10.0 Å². The first kappa shape index (κ1) is 26.3. The summed E-state index contributed by atoms with van der Waals surface area (Å²) >= 11 is 6.26. The number of rotatable bonds is 9. The number of piperazine rings is 1. The first-order valence-corrected chi connectivity index (χ1v) is 13.5. The van der Waals surface area contributed by atoms with Gasteiger partial charge >= 0.3 is 0 Å². The van der Waals surface area contributed by atoms with Crippen LogP contribution in [-0.4, -0.2) is 73.9 Å². The molecule has 1 aliphatic heterocycles. The number of benzene rings is 1. The predicted molar refractivity (Wildman–Crippen MR) is 125 cm³/mol. The second kappa shape index (κ2) is 10.5. The Morgan fingerprint density at radius 3 is 2.33 bits per heavy atom. The zero-order valence-electron chi connectivity index (χ0n) is 19.3. The standard InChI is InChI=1S/C23H33ClF2N2O4S/c1-3-17-33(30,31)28-15-13-27(14-16-28)22(9-11-23(25,26)12-10-22)8-7-19(29)21-18(24)5-4-6-20(21)32-2/h4-6H,3,7-17H2,1-2H3. The van der Waals surface area contributed by atoms with E-state index in [1.54, 1.807) is 18.2 Å². The Balaban J connectivity index is 1.75. The molecule has 0 atom stereocenters. The summed E-state index contributed by atoms with van der Waals surface area (Å²) in [5, 5.41) is 0.304. The van der Waals surface area contributed by atoms with E-state index in [2.05, 4.69) is 4.90 Å². The second-order valence-electron chi connectivity index (χ2n) is 9.02. The van der Waals surface area contributed by atoms with Gasteiger partial charge in [0.15, 0.2) is 5.78 Å². The second-order valence-corrected chi connectivity index (χ2v) is 11.5. The van der Waals surface area contributed by atoms with E-state index in [-0.39, 0.29) is 43.6 Å². The highest BCUT2D eigenvalue weighted by Crippen LogP contribution is 2.45. The molecule has 0 radical (unpaired) electrons. The van der Waals surface area contributed by atoms with Crippen LogP contribution in [0.15, 0.2) is 18.2 Å². The minimum absolute atomic E-state index is 0.110. The molecule has 3 rings (SSSR count). The quantitative estimate of drug-likeness (QED) is 0.457. The molecule has 1 saturated heterocycles. The molecule has 1 saturated carbocycles. The van der Waals surface area contributed by atoms with Crippen LogP contribution in [0, 0.1) is 0 Å². The average Bonchev–Trinajstić information content (AvgIpc) is 2.78. The highest BCUT2D eigenvalue weighted by Gasteiger charge is 2.47. The molecule has 0 bridgehead atoms.